The SMILES string of the molecule is C=CCNC(=O)[C@@H]1CC(=O)N(c2ccc(C(C)C)cc2)C1. The first kappa shape index (κ1) is 15.3. The van der Waals surface area contributed by atoms with Gasteiger partial charge < -0.3 is 10.2 Å². The summed E-state index contributed by atoms with van der Waals surface area (Å²) >= 11 is 0. The highest BCUT2D eigenvalue weighted by Crippen LogP contribution is 2.26. The number of carbonyl (C=O) groups is 2. The van der Waals surface area contributed by atoms with Crippen LogP contribution in [0.25, 0.3) is 0 Å². The van der Waals surface area contributed by atoms with E-state index in [-0.39, 0.29) is 24.2 Å². The first-order valence-electron chi connectivity index (χ1n) is 7.32. The van der Waals surface area contributed by atoms with Gasteiger partial charge in [0.15, 0.2) is 0 Å². The fourth-order valence-corrected chi connectivity index (χ4v) is 2.49. The van der Waals surface area contributed by atoms with E-state index in [2.05, 4.69) is 25.7 Å². The van der Waals surface area contributed by atoms with E-state index in [4.69, 9.17) is 0 Å². The summed E-state index contributed by atoms with van der Waals surface area (Å²) in [4.78, 5) is 25.7. The van der Waals surface area contributed by atoms with Crippen LogP contribution in [0.1, 0.15) is 31.7 Å². The van der Waals surface area contributed by atoms with Gasteiger partial charge in [0.25, 0.3) is 0 Å². The summed E-state index contributed by atoms with van der Waals surface area (Å²) in [5, 5.41) is 2.76. The summed E-state index contributed by atoms with van der Waals surface area (Å²) in [5.74, 6) is 0.114. The molecule has 1 aliphatic heterocycles. The van der Waals surface area contributed by atoms with Gasteiger partial charge >= 0.3 is 0 Å². The minimum absolute atomic E-state index is 0.00560. The van der Waals surface area contributed by atoms with Gasteiger partial charge in [-0.25, -0.2) is 0 Å². The van der Waals surface area contributed by atoms with E-state index in [1.165, 1.54) is 5.56 Å². The Bertz CT molecular complexity index is 534. The molecule has 0 aromatic heterocycles. The number of benzene rings is 1. The Balaban J connectivity index is 2.05. The van der Waals surface area contributed by atoms with Gasteiger partial charge in [-0.2, -0.15) is 0 Å². The zero-order valence-corrected chi connectivity index (χ0v) is 12.6. The zero-order chi connectivity index (χ0) is 15.4. The monoisotopic (exact) mass is 286 g/mol. The summed E-state index contributed by atoms with van der Waals surface area (Å²) in [6, 6.07) is 7.99. The second-order valence-electron chi connectivity index (χ2n) is 5.69. The molecule has 4 nitrogen and oxygen atoms in total. The fraction of sp³-hybridized carbons (Fsp3) is 0.412. The van der Waals surface area contributed by atoms with Crippen molar-refractivity contribution in [2.45, 2.75) is 26.2 Å². The van der Waals surface area contributed by atoms with Crippen LogP contribution in [0.2, 0.25) is 0 Å². The lowest BCUT2D eigenvalue weighted by molar-refractivity contribution is -0.126. The summed E-state index contributed by atoms with van der Waals surface area (Å²) in [5.41, 5.74) is 2.11. The molecule has 0 unspecified atom stereocenters. The van der Waals surface area contributed by atoms with Crippen molar-refractivity contribution < 1.29 is 9.59 Å². The minimum Gasteiger partial charge on any atom is -0.352 e. The van der Waals surface area contributed by atoms with Gasteiger partial charge in [0.2, 0.25) is 11.8 Å². The summed E-state index contributed by atoms with van der Waals surface area (Å²) in [6.45, 7) is 8.72. The van der Waals surface area contributed by atoms with Crippen LogP contribution in [-0.4, -0.2) is 24.9 Å². The van der Waals surface area contributed by atoms with E-state index in [9.17, 15) is 9.59 Å². The smallest absolute Gasteiger partial charge is 0.227 e. The Kier molecular flexibility index (Phi) is 4.78. The van der Waals surface area contributed by atoms with E-state index in [1.807, 2.05) is 24.3 Å². The van der Waals surface area contributed by atoms with Crippen LogP contribution >= 0.6 is 0 Å². The van der Waals surface area contributed by atoms with Gasteiger partial charge in [-0.15, -0.1) is 6.58 Å². The molecule has 2 rings (SSSR count). The number of carbonyl (C=O) groups excluding carboxylic acids is 2. The first-order chi connectivity index (χ1) is 10.0. The van der Waals surface area contributed by atoms with E-state index in [0.717, 1.165) is 5.69 Å². The van der Waals surface area contributed by atoms with Gasteiger partial charge in [0.05, 0.1) is 5.92 Å². The molecule has 1 saturated heterocycles. The normalized spacial score (nSPS) is 18.1. The summed E-state index contributed by atoms with van der Waals surface area (Å²) < 4.78 is 0. The Morgan fingerprint density at radius 2 is 2.10 bits per heavy atom. The molecule has 1 aromatic carbocycles. The maximum atomic E-state index is 12.1. The van der Waals surface area contributed by atoms with Gasteiger partial charge in [0, 0.05) is 25.2 Å². The molecular formula is C17H22N2O2. The Hall–Kier alpha value is -2.10. The number of amides is 2. The van der Waals surface area contributed by atoms with Gasteiger partial charge in [0.1, 0.15) is 0 Å². The third-order valence-corrected chi connectivity index (χ3v) is 3.79. The highest BCUT2D eigenvalue weighted by atomic mass is 16.2. The molecule has 4 heteroatoms. The molecule has 1 N–H and O–H groups in total. The molecule has 0 saturated carbocycles. The van der Waals surface area contributed by atoms with Gasteiger partial charge in [-0.1, -0.05) is 32.1 Å². The number of anilines is 1. The highest BCUT2D eigenvalue weighted by Gasteiger charge is 2.34. The fourth-order valence-electron chi connectivity index (χ4n) is 2.49. The number of nitrogens with zero attached hydrogens (tertiary/aromatic N) is 1. The molecule has 1 aliphatic rings. The molecule has 1 heterocycles. The number of hydrogen-bond donors (Lipinski definition) is 1. The highest BCUT2D eigenvalue weighted by molar-refractivity contribution is 6.00. The van der Waals surface area contributed by atoms with Crippen LogP contribution in [0.15, 0.2) is 36.9 Å². The van der Waals surface area contributed by atoms with Crippen molar-refractivity contribution in [3.8, 4) is 0 Å². The Morgan fingerprint density at radius 3 is 2.67 bits per heavy atom. The molecule has 2 amide bonds. The average molecular weight is 286 g/mol. The lowest BCUT2D eigenvalue weighted by Crippen LogP contribution is -2.33. The molecule has 1 fully saturated rings. The molecule has 21 heavy (non-hydrogen) atoms. The number of hydrogen-bond acceptors (Lipinski definition) is 2. The molecule has 0 radical (unpaired) electrons. The van der Waals surface area contributed by atoms with E-state index >= 15 is 0 Å². The van der Waals surface area contributed by atoms with Crippen LogP contribution in [0, 0.1) is 5.92 Å². The summed E-state index contributed by atoms with van der Waals surface area (Å²) in [6.07, 6.45) is 1.91. The average Bonchev–Trinajstić information content (AvgIpc) is 2.87. The second-order valence-corrected chi connectivity index (χ2v) is 5.69. The quantitative estimate of drug-likeness (QED) is 0.845. The van der Waals surface area contributed by atoms with Crippen molar-refractivity contribution in [1.82, 2.24) is 5.32 Å². The molecular weight excluding hydrogens is 264 g/mol. The minimum atomic E-state index is -0.276. The van der Waals surface area contributed by atoms with Crippen molar-refractivity contribution in [3.05, 3.63) is 42.5 Å². The molecule has 1 aromatic rings. The van der Waals surface area contributed by atoms with Crippen LogP contribution in [0.5, 0.6) is 0 Å². The van der Waals surface area contributed by atoms with Crippen molar-refractivity contribution in [1.29, 1.82) is 0 Å². The zero-order valence-electron chi connectivity index (χ0n) is 12.6. The van der Waals surface area contributed by atoms with Crippen LogP contribution < -0.4 is 10.2 Å². The van der Waals surface area contributed by atoms with Gasteiger partial charge in [-0.05, 0) is 23.6 Å². The molecule has 0 bridgehead atoms. The van der Waals surface area contributed by atoms with Crippen LogP contribution in [0.3, 0.4) is 0 Å². The number of nitrogens with one attached hydrogen (secondary N) is 1. The summed E-state index contributed by atoms with van der Waals surface area (Å²) in [7, 11) is 0. The third-order valence-electron chi connectivity index (χ3n) is 3.79. The second kappa shape index (κ2) is 6.57. The molecule has 0 aliphatic carbocycles. The predicted octanol–water partition coefficient (Wildman–Crippen LogP) is 2.47. The maximum absolute atomic E-state index is 12.1. The predicted molar refractivity (Wildman–Crippen MR) is 84.2 cm³/mol. The van der Waals surface area contributed by atoms with E-state index < -0.39 is 0 Å². The lowest BCUT2D eigenvalue weighted by atomic mass is 10.0. The molecule has 112 valence electrons. The molecule has 1 atom stereocenters. The van der Waals surface area contributed by atoms with Crippen molar-refractivity contribution in [2.24, 2.45) is 5.92 Å². The Morgan fingerprint density at radius 1 is 1.43 bits per heavy atom. The first-order valence-corrected chi connectivity index (χ1v) is 7.32. The van der Waals surface area contributed by atoms with E-state index in [1.54, 1.807) is 11.0 Å². The lowest BCUT2D eigenvalue weighted by Gasteiger charge is -2.17. The van der Waals surface area contributed by atoms with Crippen LogP contribution in [-0.2, 0) is 9.59 Å². The molecule has 0 spiro atoms. The standard InChI is InChI=1S/C17H22N2O2/c1-4-9-18-17(21)14-10-16(20)19(11-14)15-7-5-13(6-8-15)12(2)3/h4-8,12,14H,1,9-11H2,2-3H3,(H,18,21)/t14-/m1/s1. The van der Waals surface area contributed by atoms with Crippen LogP contribution in [0.4, 0.5) is 5.69 Å². The third kappa shape index (κ3) is 3.51. The maximum Gasteiger partial charge on any atom is 0.227 e. The number of rotatable bonds is 5. The van der Waals surface area contributed by atoms with Crippen molar-refractivity contribution in [3.63, 3.8) is 0 Å². The topological polar surface area (TPSA) is 49.4 Å². The Labute approximate surface area is 125 Å². The van der Waals surface area contributed by atoms with Gasteiger partial charge in [-0.3, -0.25) is 9.59 Å². The van der Waals surface area contributed by atoms with Crippen molar-refractivity contribution >= 4 is 17.5 Å². The largest absolute Gasteiger partial charge is 0.352 e. The van der Waals surface area contributed by atoms with E-state index in [0.29, 0.717) is 19.0 Å². The van der Waals surface area contributed by atoms with Crippen molar-refractivity contribution in [2.75, 3.05) is 18.0 Å².